The first-order valence-corrected chi connectivity index (χ1v) is 9.60. The number of hydrogen-bond donors (Lipinski definition) is 2. The Kier molecular flexibility index (Phi) is 6.47. The zero-order valence-electron chi connectivity index (χ0n) is 15.1. The van der Waals surface area contributed by atoms with Crippen LogP contribution in [0.25, 0.3) is 0 Å². The first-order chi connectivity index (χ1) is 12.6. The normalized spacial score (nSPS) is 23.3. The molecule has 3 saturated heterocycles. The van der Waals surface area contributed by atoms with Crippen molar-refractivity contribution in [2.75, 3.05) is 57.3 Å². The fourth-order valence-electron chi connectivity index (χ4n) is 4.01. The van der Waals surface area contributed by atoms with Crippen molar-refractivity contribution in [2.24, 2.45) is 0 Å². The van der Waals surface area contributed by atoms with E-state index in [1.165, 1.54) is 0 Å². The van der Waals surface area contributed by atoms with Gasteiger partial charge in [-0.1, -0.05) is 11.6 Å². The van der Waals surface area contributed by atoms with Crippen molar-refractivity contribution in [3.63, 3.8) is 0 Å². The highest BCUT2D eigenvalue weighted by Crippen LogP contribution is 2.29. The summed E-state index contributed by atoms with van der Waals surface area (Å²) in [6.07, 6.45) is 1.01. The number of carbonyl (C=O) groups excluding carboxylic acids is 2. The maximum Gasteiger partial charge on any atom is 0.322 e. The Morgan fingerprint density at radius 1 is 1.11 bits per heavy atom. The number of rotatable bonds is 3. The second kappa shape index (κ2) is 8.65. The van der Waals surface area contributed by atoms with Crippen LogP contribution in [0.1, 0.15) is 16.8 Å². The Bertz CT molecular complexity index is 711. The summed E-state index contributed by atoms with van der Waals surface area (Å²) in [4.78, 5) is 30.9. The van der Waals surface area contributed by atoms with E-state index < -0.39 is 0 Å². The Balaban J connectivity index is 0.00000210. The highest BCUT2D eigenvalue weighted by Gasteiger charge is 2.32. The molecule has 27 heavy (non-hydrogen) atoms. The minimum absolute atomic E-state index is 0. The van der Waals surface area contributed by atoms with Gasteiger partial charge in [0.1, 0.15) is 0 Å². The molecule has 7 nitrogen and oxygen atoms in total. The average Bonchev–Trinajstić information content (AvgIpc) is 3.32. The van der Waals surface area contributed by atoms with Gasteiger partial charge in [0.15, 0.2) is 0 Å². The van der Waals surface area contributed by atoms with Crippen LogP contribution in [0.3, 0.4) is 0 Å². The highest BCUT2D eigenvalue weighted by atomic mass is 35.5. The first-order valence-electron chi connectivity index (χ1n) is 9.22. The molecule has 3 heterocycles. The number of halogens is 2. The number of nitrogens with one attached hydrogen (secondary N) is 2. The van der Waals surface area contributed by atoms with Crippen LogP contribution in [0.2, 0.25) is 5.02 Å². The van der Waals surface area contributed by atoms with Crippen molar-refractivity contribution in [3.8, 4) is 0 Å². The predicted molar refractivity (Wildman–Crippen MR) is 108 cm³/mol. The first kappa shape index (κ1) is 20.2. The Morgan fingerprint density at radius 3 is 2.59 bits per heavy atom. The van der Waals surface area contributed by atoms with Crippen LogP contribution in [0, 0.1) is 0 Å². The molecule has 3 aliphatic rings. The molecule has 0 aliphatic carbocycles. The predicted octanol–water partition coefficient (Wildman–Crippen LogP) is 1.41. The molecular formula is C18H25Cl2N5O2. The summed E-state index contributed by atoms with van der Waals surface area (Å²) < 4.78 is 0. The van der Waals surface area contributed by atoms with Crippen molar-refractivity contribution in [1.29, 1.82) is 0 Å². The fourth-order valence-corrected chi connectivity index (χ4v) is 4.23. The Hall–Kier alpha value is -1.54. The van der Waals surface area contributed by atoms with E-state index in [0.29, 0.717) is 35.4 Å². The number of anilines is 1. The van der Waals surface area contributed by atoms with Gasteiger partial charge in [-0.25, -0.2) is 4.79 Å². The molecule has 0 spiro atoms. The van der Waals surface area contributed by atoms with E-state index in [2.05, 4.69) is 15.5 Å². The molecule has 1 unspecified atom stereocenters. The molecule has 0 bridgehead atoms. The van der Waals surface area contributed by atoms with Crippen molar-refractivity contribution in [1.82, 2.24) is 20.4 Å². The van der Waals surface area contributed by atoms with Crippen molar-refractivity contribution >= 4 is 41.6 Å². The molecule has 1 atom stereocenters. The quantitative estimate of drug-likeness (QED) is 0.785. The molecule has 0 saturated carbocycles. The molecule has 0 aromatic heterocycles. The van der Waals surface area contributed by atoms with Crippen LogP contribution in [0.15, 0.2) is 18.2 Å². The van der Waals surface area contributed by atoms with Gasteiger partial charge in [-0.15, -0.1) is 12.4 Å². The number of hydrogen-bond acceptors (Lipinski definition) is 4. The lowest BCUT2D eigenvalue weighted by molar-refractivity contribution is 0.0773. The van der Waals surface area contributed by atoms with Crippen molar-refractivity contribution in [2.45, 2.75) is 12.5 Å². The molecule has 4 rings (SSSR count). The molecule has 1 aromatic rings. The number of benzene rings is 1. The average molecular weight is 414 g/mol. The summed E-state index contributed by atoms with van der Waals surface area (Å²) in [7, 11) is 0. The third-order valence-electron chi connectivity index (χ3n) is 5.46. The topological polar surface area (TPSA) is 67.9 Å². The largest absolute Gasteiger partial charge is 0.337 e. The zero-order chi connectivity index (χ0) is 18.1. The standard InChI is InChI=1S/C18H24ClN5O2.ClH/c19-15-2-1-13(11-16(15)24-10-6-21-18(24)26)17(25)23-7-3-14(12-23)22-8-4-20-5-9-22;/h1-2,11,14,20H,3-10,12H2,(H,21,26);1H. The third kappa shape index (κ3) is 4.16. The van der Waals surface area contributed by atoms with Crippen molar-refractivity contribution in [3.05, 3.63) is 28.8 Å². The summed E-state index contributed by atoms with van der Waals surface area (Å²) >= 11 is 6.27. The van der Waals surface area contributed by atoms with Gasteiger partial charge in [-0.05, 0) is 24.6 Å². The fraction of sp³-hybridized carbons (Fsp3) is 0.556. The number of urea groups is 1. The molecule has 1 aromatic carbocycles. The SMILES string of the molecule is Cl.O=C(c1ccc(Cl)c(N2CCNC2=O)c1)N1CCC(N2CCNCC2)C1. The van der Waals surface area contributed by atoms with Crippen molar-refractivity contribution < 1.29 is 9.59 Å². The third-order valence-corrected chi connectivity index (χ3v) is 5.78. The molecule has 148 valence electrons. The maximum atomic E-state index is 13.0. The molecule has 3 aliphatic heterocycles. The summed E-state index contributed by atoms with van der Waals surface area (Å²) in [6, 6.07) is 5.47. The summed E-state index contributed by atoms with van der Waals surface area (Å²) in [6.45, 7) is 6.81. The minimum Gasteiger partial charge on any atom is -0.337 e. The lowest BCUT2D eigenvalue weighted by Crippen LogP contribution is -2.49. The molecule has 9 heteroatoms. The van der Waals surface area contributed by atoms with E-state index in [4.69, 9.17) is 11.6 Å². The van der Waals surface area contributed by atoms with Crippen LogP contribution < -0.4 is 15.5 Å². The number of nitrogens with zero attached hydrogens (tertiary/aromatic N) is 3. The van der Waals surface area contributed by atoms with Crippen LogP contribution in [-0.2, 0) is 0 Å². The van der Waals surface area contributed by atoms with Crippen LogP contribution >= 0.6 is 24.0 Å². The Labute approximate surface area is 170 Å². The number of carbonyl (C=O) groups is 2. The van der Waals surface area contributed by atoms with E-state index in [1.807, 2.05) is 4.90 Å². The van der Waals surface area contributed by atoms with Gasteiger partial charge in [-0.2, -0.15) is 0 Å². The number of piperazine rings is 1. The molecule has 3 fully saturated rings. The van der Waals surface area contributed by atoms with Gasteiger partial charge < -0.3 is 15.5 Å². The molecule has 3 amide bonds. The molecular weight excluding hydrogens is 389 g/mol. The summed E-state index contributed by atoms with van der Waals surface area (Å²) in [5, 5.41) is 6.62. The van der Waals surface area contributed by atoms with Crippen LogP contribution in [-0.4, -0.2) is 80.1 Å². The number of amides is 3. The zero-order valence-corrected chi connectivity index (χ0v) is 16.7. The second-order valence-corrected chi connectivity index (χ2v) is 7.44. The van der Waals surface area contributed by atoms with Gasteiger partial charge >= 0.3 is 6.03 Å². The minimum atomic E-state index is -0.170. The Morgan fingerprint density at radius 2 is 1.89 bits per heavy atom. The maximum absolute atomic E-state index is 13.0. The van der Waals surface area contributed by atoms with Gasteiger partial charge in [-0.3, -0.25) is 14.6 Å². The molecule has 0 radical (unpaired) electrons. The number of likely N-dealkylation sites (tertiary alicyclic amines) is 1. The smallest absolute Gasteiger partial charge is 0.322 e. The summed E-state index contributed by atoms with van der Waals surface area (Å²) in [5.41, 5.74) is 1.19. The second-order valence-electron chi connectivity index (χ2n) is 7.03. The van der Waals surface area contributed by atoms with E-state index in [9.17, 15) is 9.59 Å². The van der Waals surface area contributed by atoms with E-state index in [0.717, 1.165) is 45.7 Å². The van der Waals surface area contributed by atoms with Gasteiger partial charge in [0.2, 0.25) is 0 Å². The van der Waals surface area contributed by atoms with Crippen LogP contribution in [0.4, 0.5) is 10.5 Å². The van der Waals surface area contributed by atoms with E-state index in [1.54, 1.807) is 23.1 Å². The monoisotopic (exact) mass is 413 g/mol. The van der Waals surface area contributed by atoms with Gasteiger partial charge in [0, 0.05) is 64.0 Å². The lowest BCUT2D eigenvalue weighted by Gasteiger charge is -2.32. The van der Waals surface area contributed by atoms with E-state index >= 15 is 0 Å². The van der Waals surface area contributed by atoms with Crippen LogP contribution in [0.5, 0.6) is 0 Å². The van der Waals surface area contributed by atoms with Gasteiger partial charge in [0.05, 0.1) is 10.7 Å². The molecule has 2 N–H and O–H groups in total. The highest BCUT2D eigenvalue weighted by molar-refractivity contribution is 6.34. The van der Waals surface area contributed by atoms with Gasteiger partial charge in [0.25, 0.3) is 5.91 Å². The lowest BCUT2D eigenvalue weighted by atomic mass is 10.1. The summed E-state index contributed by atoms with van der Waals surface area (Å²) in [5.74, 6) is 0.0140. The van der Waals surface area contributed by atoms with E-state index in [-0.39, 0.29) is 24.3 Å².